The fourth-order valence-corrected chi connectivity index (χ4v) is 3.93. The zero-order valence-electron chi connectivity index (χ0n) is 19.7. The minimum atomic E-state index is -0.905. The molecule has 1 N–H and O–H groups in total. The molecular formula is C27H24F3N3O3. The van der Waals surface area contributed by atoms with E-state index in [4.69, 9.17) is 4.74 Å². The van der Waals surface area contributed by atoms with Crippen LogP contribution in [0, 0.1) is 17.5 Å². The third-order valence-electron chi connectivity index (χ3n) is 5.79. The molecule has 0 aliphatic heterocycles. The average Bonchev–Trinajstić information content (AvgIpc) is 3.25. The van der Waals surface area contributed by atoms with E-state index in [2.05, 4.69) is 5.32 Å². The SMILES string of the molecule is CCN(CC)C(=O)Oc1ccc2c(ccn2Cc2cccc(F)c2)c1NC(=O)c1cc(F)ccc1F. The lowest BCUT2D eigenvalue weighted by molar-refractivity contribution is 0.102. The first kappa shape index (κ1) is 24.8. The number of carbonyl (C=O) groups is 2. The molecule has 0 bridgehead atoms. The maximum absolute atomic E-state index is 14.3. The maximum atomic E-state index is 14.3. The van der Waals surface area contributed by atoms with Gasteiger partial charge in [-0.3, -0.25) is 4.79 Å². The minimum Gasteiger partial charge on any atom is -0.408 e. The summed E-state index contributed by atoms with van der Waals surface area (Å²) in [4.78, 5) is 27.0. The van der Waals surface area contributed by atoms with Crippen LogP contribution in [-0.2, 0) is 6.54 Å². The van der Waals surface area contributed by atoms with Crippen LogP contribution in [0.1, 0.15) is 29.8 Å². The number of rotatable bonds is 7. The van der Waals surface area contributed by atoms with E-state index < -0.39 is 29.2 Å². The van der Waals surface area contributed by atoms with Crippen molar-refractivity contribution in [2.24, 2.45) is 0 Å². The van der Waals surface area contributed by atoms with Crippen molar-refractivity contribution >= 4 is 28.6 Å². The molecule has 0 radical (unpaired) electrons. The second-order valence-electron chi connectivity index (χ2n) is 8.06. The first-order chi connectivity index (χ1) is 17.3. The Morgan fingerprint density at radius 1 is 0.944 bits per heavy atom. The first-order valence-electron chi connectivity index (χ1n) is 11.4. The lowest BCUT2D eigenvalue weighted by Crippen LogP contribution is -2.33. The second kappa shape index (κ2) is 10.6. The van der Waals surface area contributed by atoms with Crippen LogP contribution < -0.4 is 10.1 Å². The number of hydrogen-bond acceptors (Lipinski definition) is 3. The van der Waals surface area contributed by atoms with Gasteiger partial charge >= 0.3 is 6.09 Å². The number of hydrogen-bond donors (Lipinski definition) is 1. The molecule has 186 valence electrons. The van der Waals surface area contributed by atoms with E-state index in [1.54, 1.807) is 44.3 Å². The summed E-state index contributed by atoms with van der Waals surface area (Å²) >= 11 is 0. The zero-order chi connectivity index (χ0) is 25.8. The molecule has 0 saturated carbocycles. The Morgan fingerprint density at radius 3 is 2.42 bits per heavy atom. The summed E-state index contributed by atoms with van der Waals surface area (Å²) in [5, 5.41) is 3.09. The molecule has 9 heteroatoms. The van der Waals surface area contributed by atoms with Gasteiger partial charge in [-0.15, -0.1) is 0 Å². The van der Waals surface area contributed by atoms with Gasteiger partial charge in [0.05, 0.1) is 16.8 Å². The van der Waals surface area contributed by atoms with Gasteiger partial charge in [0.2, 0.25) is 0 Å². The van der Waals surface area contributed by atoms with Gasteiger partial charge in [0.1, 0.15) is 17.5 Å². The molecular weight excluding hydrogens is 471 g/mol. The van der Waals surface area contributed by atoms with E-state index in [9.17, 15) is 22.8 Å². The van der Waals surface area contributed by atoms with E-state index in [0.717, 1.165) is 23.8 Å². The lowest BCUT2D eigenvalue weighted by Gasteiger charge is -2.20. The Morgan fingerprint density at radius 2 is 1.69 bits per heavy atom. The van der Waals surface area contributed by atoms with Crippen molar-refractivity contribution in [3.8, 4) is 5.75 Å². The Balaban J connectivity index is 1.76. The van der Waals surface area contributed by atoms with Crippen LogP contribution in [0.5, 0.6) is 5.75 Å². The monoisotopic (exact) mass is 495 g/mol. The molecule has 4 rings (SSSR count). The van der Waals surface area contributed by atoms with Gasteiger partial charge in [-0.25, -0.2) is 18.0 Å². The van der Waals surface area contributed by atoms with Crippen molar-refractivity contribution in [2.45, 2.75) is 20.4 Å². The van der Waals surface area contributed by atoms with Crippen molar-refractivity contribution < 1.29 is 27.5 Å². The summed E-state index contributed by atoms with van der Waals surface area (Å²) < 4.78 is 49.1. The van der Waals surface area contributed by atoms with Gasteiger partial charge < -0.3 is 19.5 Å². The molecule has 0 atom stereocenters. The molecule has 0 unspecified atom stereocenters. The predicted octanol–water partition coefficient (Wildman–Crippen LogP) is 6.20. The minimum absolute atomic E-state index is 0.0491. The van der Waals surface area contributed by atoms with Crippen LogP contribution in [0.4, 0.5) is 23.7 Å². The Hall–Kier alpha value is -4.27. The molecule has 2 amide bonds. The van der Waals surface area contributed by atoms with Crippen LogP contribution >= 0.6 is 0 Å². The molecule has 4 aromatic rings. The number of fused-ring (bicyclic) bond motifs is 1. The van der Waals surface area contributed by atoms with Gasteiger partial charge in [-0.2, -0.15) is 0 Å². The Bertz CT molecular complexity index is 1430. The van der Waals surface area contributed by atoms with Crippen LogP contribution in [-0.4, -0.2) is 34.6 Å². The molecule has 3 aromatic carbocycles. The summed E-state index contributed by atoms with van der Waals surface area (Å²) in [6.07, 6.45) is 1.12. The number of nitrogens with one attached hydrogen (secondary N) is 1. The van der Waals surface area contributed by atoms with Crippen molar-refractivity contribution in [1.82, 2.24) is 9.47 Å². The van der Waals surface area contributed by atoms with Crippen molar-refractivity contribution in [2.75, 3.05) is 18.4 Å². The van der Waals surface area contributed by atoms with Gasteiger partial charge in [0.25, 0.3) is 5.91 Å². The summed E-state index contributed by atoms with van der Waals surface area (Å²) in [5.41, 5.74) is 1.00. The third kappa shape index (κ3) is 5.19. The number of amides is 2. The number of aromatic nitrogens is 1. The molecule has 36 heavy (non-hydrogen) atoms. The maximum Gasteiger partial charge on any atom is 0.415 e. The zero-order valence-corrected chi connectivity index (χ0v) is 19.7. The predicted molar refractivity (Wildman–Crippen MR) is 131 cm³/mol. The highest BCUT2D eigenvalue weighted by molar-refractivity contribution is 6.10. The molecule has 6 nitrogen and oxygen atoms in total. The normalized spacial score (nSPS) is 10.9. The first-order valence-corrected chi connectivity index (χ1v) is 11.4. The summed E-state index contributed by atoms with van der Waals surface area (Å²) in [7, 11) is 0. The highest BCUT2D eigenvalue weighted by Gasteiger charge is 2.21. The summed E-state index contributed by atoms with van der Waals surface area (Å²) in [6.45, 7) is 4.77. The van der Waals surface area contributed by atoms with Gasteiger partial charge in [0, 0.05) is 31.2 Å². The number of benzene rings is 3. The van der Waals surface area contributed by atoms with Crippen LogP contribution in [0.3, 0.4) is 0 Å². The van der Waals surface area contributed by atoms with Crippen LogP contribution in [0.25, 0.3) is 10.9 Å². The molecule has 0 fully saturated rings. The van der Waals surface area contributed by atoms with Crippen LogP contribution in [0.2, 0.25) is 0 Å². The van der Waals surface area contributed by atoms with Crippen molar-refractivity contribution in [3.05, 3.63) is 95.4 Å². The van der Waals surface area contributed by atoms with Gasteiger partial charge in [-0.1, -0.05) is 12.1 Å². The fourth-order valence-electron chi connectivity index (χ4n) is 3.93. The average molecular weight is 496 g/mol. The molecule has 1 heterocycles. The van der Waals surface area contributed by atoms with E-state index >= 15 is 0 Å². The summed E-state index contributed by atoms with van der Waals surface area (Å²) in [5.74, 6) is -2.88. The fraction of sp³-hybridized carbons (Fsp3) is 0.185. The Labute approximate surface area is 205 Å². The third-order valence-corrected chi connectivity index (χ3v) is 5.79. The lowest BCUT2D eigenvalue weighted by atomic mass is 10.1. The van der Waals surface area contributed by atoms with Gasteiger partial charge in [-0.05, 0) is 67.9 Å². The standard InChI is InChI=1S/C27H24F3N3O3/c1-3-32(4-2)27(35)36-24-11-10-23-20(12-13-33(23)16-17-6-5-7-18(28)14-17)25(24)31-26(34)21-15-19(29)8-9-22(21)30/h5-15H,3-4,16H2,1-2H3,(H,31,34). The van der Waals surface area contributed by atoms with Gasteiger partial charge in [0.15, 0.2) is 5.75 Å². The van der Waals surface area contributed by atoms with E-state index in [1.807, 2.05) is 4.57 Å². The molecule has 0 aliphatic rings. The number of anilines is 1. The Kier molecular flexibility index (Phi) is 7.28. The van der Waals surface area contributed by atoms with Crippen molar-refractivity contribution in [1.29, 1.82) is 0 Å². The summed E-state index contributed by atoms with van der Waals surface area (Å²) in [6, 6.07) is 13.7. The molecule has 0 saturated heterocycles. The largest absolute Gasteiger partial charge is 0.415 e. The molecule has 0 aliphatic carbocycles. The number of ether oxygens (including phenoxy) is 1. The van der Waals surface area contributed by atoms with E-state index in [1.165, 1.54) is 23.1 Å². The molecule has 0 spiro atoms. The highest BCUT2D eigenvalue weighted by Crippen LogP contribution is 2.35. The second-order valence-corrected chi connectivity index (χ2v) is 8.06. The quantitative estimate of drug-likeness (QED) is 0.332. The van der Waals surface area contributed by atoms with E-state index in [0.29, 0.717) is 30.5 Å². The number of carbonyl (C=O) groups excluding carboxylic acids is 2. The van der Waals surface area contributed by atoms with E-state index in [-0.39, 0.29) is 17.3 Å². The highest BCUT2D eigenvalue weighted by atomic mass is 19.1. The number of halogens is 3. The van der Waals surface area contributed by atoms with Crippen molar-refractivity contribution in [3.63, 3.8) is 0 Å². The molecule has 1 aromatic heterocycles. The van der Waals surface area contributed by atoms with Crippen LogP contribution in [0.15, 0.2) is 66.9 Å². The number of nitrogens with zero attached hydrogens (tertiary/aromatic N) is 2. The topological polar surface area (TPSA) is 63.6 Å². The smallest absolute Gasteiger partial charge is 0.408 e.